The number of hydrogen-bond donors (Lipinski definition) is 0. The van der Waals surface area contributed by atoms with Crippen LogP contribution in [-0.2, 0) is 5.41 Å². The van der Waals surface area contributed by atoms with E-state index in [1.165, 1.54) is 104 Å². The number of benzene rings is 11. The number of nitrogens with zero attached hydrogens (tertiary/aromatic N) is 1. The molecule has 0 saturated heterocycles. The van der Waals surface area contributed by atoms with Gasteiger partial charge < -0.3 is 4.90 Å². The topological polar surface area (TPSA) is 3.24 Å². The summed E-state index contributed by atoms with van der Waals surface area (Å²) in [4.78, 5) is 2.50. The Balaban J connectivity index is 1.02. The van der Waals surface area contributed by atoms with Crippen molar-refractivity contribution in [3.8, 4) is 44.5 Å². The van der Waals surface area contributed by atoms with Crippen LogP contribution in [0.25, 0.3) is 66.1 Å². The molecule has 316 valence electrons. The zero-order valence-electron chi connectivity index (χ0n) is 37.6. The molecule has 0 N–H and O–H groups in total. The molecule has 0 radical (unpaired) electrons. The van der Waals surface area contributed by atoms with Gasteiger partial charge >= 0.3 is 0 Å². The minimum Gasteiger partial charge on any atom is -0.310 e. The Morgan fingerprint density at radius 2 is 0.821 bits per heavy atom. The maximum atomic E-state index is 2.50. The number of hydrogen-bond acceptors (Lipinski definition) is 1. The molecule has 1 nitrogen and oxygen atoms in total. The van der Waals surface area contributed by atoms with Crippen LogP contribution in [0.15, 0.2) is 249 Å². The maximum absolute atomic E-state index is 2.92. The second kappa shape index (κ2) is 15.3. The summed E-state index contributed by atoms with van der Waals surface area (Å²) in [5.74, 6) is 0. The van der Waals surface area contributed by atoms with Crippen LogP contribution in [0.4, 0.5) is 17.1 Å². The van der Waals surface area contributed by atoms with E-state index in [-0.39, 0.29) is 5.41 Å². The van der Waals surface area contributed by atoms with E-state index in [1.54, 1.807) is 0 Å². The van der Waals surface area contributed by atoms with Gasteiger partial charge in [0.2, 0.25) is 0 Å². The zero-order valence-corrected chi connectivity index (χ0v) is 38.6. The molecule has 0 saturated carbocycles. The Bertz CT molecular complexity index is 3640. The van der Waals surface area contributed by atoms with Crippen LogP contribution >= 0.6 is 0 Å². The first kappa shape index (κ1) is 39.3. The van der Waals surface area contributed by atoms with E-state index in [0.29, 0.717) is 0 Å². The van der Waals surface area contributed by atoms with E-state index >= 15 is 0 Å². The van der Waals surface area contributed by atoms with Crippen LogP contribution in [-0.4, -0.2) is 8.07 Å². The fourth-order valence-electron chi connectivity index (χ4n) is 11.7. The molecule has 13 rings (SSSR count). The minimum atomic E-state index is -2.92. The SMILES string of the molecule is CC1(C)c2ccccc2-c2ccc(-c3ccc(N(c4ccc(-c5ccccc5)cc4)c4cccc5c4-c4ccccc4[Si]5(c4ccc5ccccc5c4)c4ccc5ccccc5c4)cc3)cc21. The lowest BCUT2D eigenvalue weighted by Crippen LogP contribution is -2.72. The van der Waals surface area contributed by atoms with E-state index in [0.717, 1.165) is 11.4 Å². The van der Waals surface area contributed by atoms with E-state index in [2.05, 4.69) is 267 Å². The summed E-state index contributed by atoms with van der Waals surface area (Å²) in [7, 11) is -2.92. The van der Waals surface area contributed by atoms with E-state index in [4.69, 9.17) is 0 Å². The van der Waals surface area contributed by atoms with Crippen LogP contribution < -0.4 is 25.6 Å². The molecule has 0 atom stereocenters. The Labute approximate surface area is 393 Å². The van der Waals surface area contributed by atoms with Gasteiger partial charge in [0, 0.05) is 22.4 Å². The number of fused-ring (bicyclic) bond motifs is 8. The lowest BCUT2D eigenvalue weighted by atomic mass is 9.81. The van der Waals surface area contributed by atoms with Crippen molar-refractivity contribution in [2.75, 3.05) is 4.90 Å². The van der Waals surface area contributed by atoms with Crippen LogP contribution in [0.3, 0.4) is 0 Å². The predicted octanol–water partition coefficient (Wildman–Crippen LogP) is 14.5. The lowest BCUT2D eigenvalue weighted by Gasteiger charge is -2.33. The van der Waals surface area contributed by atoms with Crippen molar-refractivity contribution in [1.82, 2.24) is 0 Å². The van der Waals surface area contributed by atoms with E-state index in [9.17, 15) is 0 Å². The quantitative estimate of drug-likeness (QED) is 0.144. The standard InChI is InChI=1S/C65H47NSi/c1-65(2)59-23-12-10-21-56(59)57-40-33-51(43-60(57)65)48-29-36-53(37-30-48)66(52-34-27-47(28-35-52)44-15-4-3-5-16-44)61-24-14-26-63-64(61)58-22-11-13-25-62(58)67(63,54-38-31-45-17-6-8-19-49(45)41-54)55-39-32-46-18-7-9-20-50(46)42-55/h3-43H,1-2H3. The van der Waals surface area contributed by atoms with Crippen molar-refractivity contribution in [2.24, 2.45) is 0 Å². The van der Waals surface area contributed by atoms with Gasteiger partial charge in [-0.25, -0.2) is 0 Å². The van der Waals surface area contributed by atoms with E-state index in [1.807, 2.05) is 0 Å². The van der Waals surface area contributed by atoms with Gasteiger partial charge in [0.25, 0.3) is 0 Å². The largest absolute Gasteiger partial charge is 0.310 e. The molecule has 0 aromatic heterocycles. The average molecular weight is 870 g/mol. The number of rotatable bonds is 7. The maximum Gasteiger partial charge on any atom is 0.180 e. The van der Waals surface area contributed by atoms with Gasteiger partial charge in [-0.2, -0.15) is 0 Å². The highest BCUT2D eigenvalue weighted by atomic mass is 28.3. The second-order valence-electron chi connectivity index (χ2n) is 18.8. The molecule has 11 aromatic rings. The van der Waals surface area contributed by atoms with Crippen molar-refractivity contribution in [2.45, 2.75) is 19.3 Å². The van der Waals surface area contributed by atoms with Crippen molar-refractivity contribution >= 4 is 67.4 Å². The normalized spacial score (nSPS) is 13.8. The van der Waals surface area contributed by atoms with Crippen LogP contribution in [0, 0.1) is 0 Å². The third-order valence-corrected chi connectivity index (χ3v) is 19.8. The van der Waals surface area contributed by atoms with Crippen molar-refractivity contribution in [3.05, 3.63) is 260 Å². The molecule has 0 bridgehead atoms. The van der Waals surface area contributed by atoms with Gasteiger partial charge in [-0.05, 0) is 129 Å². The van der Waals surface area contributed by atoms with Crippen molar-refractivity contribution in [3.63, 3.8) is 0 Å². The summed E-state index contributed by atoms with van der Waals surface area (Å²) in [6, 6.07) is 93.6. The highest BCUT2D eigenvalue weighted by molar-refractivity contribution is 7.22. The summed E-state index contributed by atoms with van der Waals surface area (Å²) >= 11 is 0. The van der Waals surface area contributed by atoms with Gasteiger partial charge in [0.15, 0.2) is 8.07 Å². The molecule has 67 heavy (non-hydrogen) atoms. The molecular formula is C65H47NSi. The smallest absolute Gasteiger partial charge is 0.180 e. The summed E-state index contributed by atoms with van der Waals surface area (Å²) in [5, 5.41) is 10.7. The molecular weight excluding hydrogens is 823 g/mol. The molecule has 2 heteroatoms. The highest BCUT2D eigenvalue weighted by Crippen LogP contribution is 2.50. The van der Waals surface area contributed by atoms with Gasteiger partial charge in [-0.15, -0.1) is 0 Å². The lowest BCUT2D eigenvalue weighted by molar-refractivity contribution is 0.660. The molecule has 11 aromatic carbocycles. The third kappa shape index (κ3) is 6.07. The van der Waals surface area contributed by atoms with Crippen molar-refractivity contribution in [1.29, 1.82) is 0 Å². The van der Waals surface area contributed by atoms with Gasteiger partial charge in [-0.1, -0.05) is 226 Å². The van der Waals surface area contributed by atoms with Gasteiger partial charge in [-0.3, -0.25) is 0 Å². The first-order valence-electron chi connectivity index (χ1n) is 23.5. The second-order valence-corrected chi connectivity index (χ2v) is 22.6. The van der Waals surface area contributed by atoms with Crippen LogP contribution in [0.5, 0.6) is 0 Å². The Morgan fingerprint density at radius 3 is 1.48 bits per heavy atom. The Kier molecular flexibility index (Phi) is 8.97. The highest BCUT2D eigenvalue weighted by Gasteiger charge is 2.50. The monoisotopic (exact) mass is 869 g/mol. The molecule has 1 heterocycles. The third-order valence-electron chi connectivity index (χ3n) is 14.9. The molecule has 0 unspecified atom stereocenters. The predicted molar refractivity (Wildman–Crippen MR) is 287 cm³/mol. The van der Waals surface area contributed by atoms with Crippen molar-refractivity contribution < 1.29 is 0 Å². The fraction of sp³-hybridized carbons (Fsp3) is 0.0462. The van der Waals surface area contributed by atoms with Crippen LogP contribution in [0.1, 0.15) is 25.0 Å². The summed E-state index contributed by atoms with van der Waals surface area (Å²) in [5.41, 5.74) is 16.3. The van der Waals surface area contributed by atoms with Gasteiger partial charge in [0.1, 0.15) is 0 Å². The van der Waals surface area contributed by atoms with Gasteiger partial charge in [0.05, 0.1) is 5.69 Å². The Hall–Kier alpha value is -8.04. The van der Waals surface area contributed by atoms with Crippen LogP contribution in [0.2, 0.25) is 0 Å². The molecule has 0 amide bonds. The first-order chi connectivity index (χ1) is 33.0. The summed E-state index contributed by atoms with van der Waals surface area (Å²) in [6.07, 6.45) is 0. The first-order valence-corrected chi connectivity index (χ1v) is 25.5. The molecule has 2 aliphatic rings. The Morgan fingerprint density at radius 1 is 0.328 bits per heavy atom. The average Bonchev–Trinajstić information content (AvgIpc) is 3.82. The molecule has 0 fully saturated rings. The molecule has 0 spiro atoms. The number of anilines is 3. The summed E-state index contributed by atoms with van der Waals surface area (Å²) < 4.78 is 0. The van der Waals surface area contributed by atoms with E-state index < -0.39 is 8.07 Å². The molecule has 1 aliphatic carbocycles. The summed E-state index contributed by atoms with van der Waals surface area (Å²) in [6.45, 7) is 4.72. The minimum absolute atomic E-state index is 0.0627. The zero-order chi connectivity index (χ0) is 44.7. The molecule has 1 aliphatic heterocycles. The fourth-order valence-corrected chi connectivity index (χ4v) is 16.9.